The van der Waals surface area contributed by atoms with Gasteiger partial charge >= 0.3 is 11.9 Å². The minimum atomic E-state index is -0.504. The molecule has 0 bridgehead atoms. The summed E-state index contributed by atoms with van der Waals surface area (Å²) in [6, 6.07) is 11.4. The van der Waals surface area contributed by atoms with Crippen LogP contribution in [-0.2, 0) is 9.53 Å². The summed E-state index contributed by atoms with van der Waals surface area (Å²) >= 11 is 0. The van der Waals surface area contributed by atoms with E-state index in [1.807, 2.05) is 13.8 Å². The maximum absolute atomic E-state index is 12.7. The van der Waals surface area contributed by atoms with Crippen LogP contribution in [0.15, 0.2) is 48.5 Å². The van der Waals surface area contributed by atoms with E-state index in [1.54, 1.807) is 62.4 Å². The molecule has 0 aliphatic rings. The van der Waals surface area contributed by atoms with Gasteiger partial charge in [-0.1, -0.05) is 18.2 Å². The summed E-state index contributed by atoms with van der Waals surface area (Å²) in [5.41, 5.74) is 1.26. The molecule has 0 atom stereocenters. The molecule has 0 amide bonds. The zero-order valence-electron chi connectivity index (χ0n) is 17.8. The summed E-state index contributed by atoms with van der Waals surface area (Å²) < 4.78 is 16.1. The number of esters is 2. The molecule has 2 rings (SSSR count). The summed E-state index contributed by atoms with van der Waals surface area (Å²) in [4.78, 5) is 36.1. The Hall–Kier alpha value is -3.41. The monoisotopic (exact) mass is 410 g/mol. The lowest BCUT2D eigenvalue weighted by Gasteiger charge is -2.14. The van der Waals surface area contributed by atoms with E-state index in [0.29, 0.717) is 16.9 Å². The van der Waals surface area contributed by atoms with Gasteiger partial charge in [0.15, 0.2) is 5.78 Å². The van der Waals surface area contributed by atoms with Gasteiger partial charge in [0.25, 0.3) is 0 Å². The molecule has 30 heavy (non-hydrogen) atoms. The molecule has 0 radical (unpaired) electrons. The van der Waals surface area contributed by atoms with Crippen LogP contribution in [0.3, 0.4) is 0 Å². The first-order valence-corrected chi connectivity index (χ1v) is 9.69. The average molecular weight is 410 g/mol. The number of para-hydroxylation sites is 1. The number of hydrogen-bond donors (Lipinski definition) is 0. The first kappa shape index (κ1) is 22.9. The molecule has 0 spiro atoms. The number of allylic oxidation sites excluding steroid dienone is 1. The van der Waals surface area contributed by atoms with Gasteiger partial charge in [0.05, 0.1) is 23.3 Å². The zero-order valence-corrected chi connectivity index (χ0v) is 17.8. The smallest absolute Gasteiger partial charge is 0.338 e. The summed E-state index contributed by atoms with van der Waals surface area (Å²) in [6.45, 7) is 8.57. The van der Waals surface area contributed by atoms with E-state index in [9.17, 15) is 14.4 Å². The van der Waals surface area contributed by atoms with E-state index < -0.39 is 11.9 Å². The lowest BCUT2D eigenvalue weighted by atomic mass is 10.1. The lowest BCUT2D eigenvalue weighted by molar-refractivity contribution is -0.131. The van der Waals surface area contributed by atoms with Crippen LogP contribution in [0.25, 0.3) is 6.08 Å². The fourth-order valence-corrected chi connectivity index (χ4v) is 2.61. The maximum Gasteiger partial charge on any atom is 0.338 e. The number of benzene rings is 2. The molecule has 0 heterocycles. The van der Waals surface area contributed by atoms with Crippen LogP contribution < -0.4 is 9.47 Å². The van der Waals surface area contributed by atoms with Crippen LogP contribution in [0.5, 0.6) is 11.5 Å². The molecular formula is C24H26O6. The molecule has 2 aromatic rings. The third-order valence-corrected chi connectivity index (χ3v) is 3.78. The quantitative estimate of drug-likeness (QED) is 0.268. The number of carbonyl (C=O) groups excluding carboxylic acids is 3. The van der Waals surface area contributed by atoms with Gasteiger partial charge in [-0.15, -0.1) is 0 Å². The fourth-order valence-electron chi connectivity index (χ4n) is 2.61. The van der Waals surface area contributed by atoms with E-state index in [0.717, 1.165) is 0 Å². The van der Waals surface area contributed by atoms with Crippen molar-refractivity contribution in [3.05, 3.63) is 65.2 Å². The van der Waals surface area contributed by atoms with Gasteiger partial charge in [-0.2, -0.15) is 0 Å². The zero-order chi connectivity index (χ0) is 22.3. The minimum Gasteiger partial charge on any atom is -0.490 e. The number of ketones is 1. The van der Waals surface area contributed by atoms with Crippen LogP contribution >= 0.6 is 0 Å². The molecule has 0 aliphatic heterocycles. The van der Waals surface area contributed by atoms with Crippen molar-refractivity contribution in [1.82, 2.24) is 0 Å². The SMILES string of the molecule is CC(=O)Oc1ccccc1C(=O)/C=C/c1ccc(C(=O)OC(C)C)cc1OC(C)C. The van der Waals surface area contributed by atoms with Crippen molar-refractivity contribution in [3.63, 3.8) is 0 Å². The molecule has 6 nitrogen and oxygen atoms in total. The highest BCUT2D eigenvalue weighted by atomic mass is 16.5. The third-order valence-electron chi connectivity index (χ3n) is 3.78. The van der Waals surface area contributed by atoms with E-state index in [2.05, 4.69) is 0 Å². The molecule has 2 aromatic carbocycles. The highest BCUT2D eigenvalue weighted by Gasteiger charge is 2.15. The molecule has 158 valence electrons. The highest BCUT2D eigenvalue weighted by molar-refractivity contribution is 6.09. The molecule has 0 saturated carbocycles. The van der Waals surface area contributed by atoms with E-state index in [1.165, 1.54) is 13.0 Å². The van der Waals surface area contributed by atoms with Gasteiger partial charge in [0.2, 0.25) is 0 Å². The van der Waals surface area contributed by atoms with E-state index in [-0.39, 0.29) is 29.3 Å². The molecule has 0 aliphatic carbocycles. The first-order valence-electron chi connectivity index (χ1n) is 9.69. The van der Waals surface area contributed by atoms with Crippen molar-refractivity contribution in [2.45, 2.75) is 46.8 Å². The van der Waals surface area contributed by atoms with Crippen LogP contribution in [0.2, 0.25) is 0 Å². The van der Waals surface area contributed by atoms with Crippen molar-refractivity contribution in [2.75, 3.05) is 0 Å². The second-order valence-electron chi connectivity index (χ2n) is 7.16. The Balaban J connectivity index is 2.32. The predicted molar refractivity (Wildman–Crippen MR) is 114 cm³/mol. The van der Waals surface area contributed by atoms with Gasteiger partial charge in [-0.3, -0.25) is 9.59 Å². The van der Waals surface area contributed by atoms with Gasteiger partial charge in [0.1, 0.15) is 11.5 Å². The van der Waals surface area contributed by atoms with Crippen molar-refractivity contribution in [3.8, 4) is 11.5 Å². The Labute approximate surface area is 176 Å². The van der Waals surface area contributed by atoms with E-state index >= 15 is 0 Å². The Morgan fingerprint density at radius 2 is 1.60 bits per heavy atom. The lowest BCUT2D eigenvalue weighted by Crippen LogP contribution is -2.13. The molecule has 0 N–H and O–H groups in total. The Morgan fingerprint density at radius 3 is 2.23 bits per heavy atom. The molecular weight excluding hydrogens is 384 g/mol. The minimum absolute atomic E-state index is 0.131. The topological polar surface area (TPSA) is 78.9 Å². The first-order chi connectivity index (χ1) is 14.2. The highest BCUT2D eigenvalue weighted by Crippen LogP contribution is 2.25. The largest absolute Gasteiger partial charge is 0.490 e. The van der Waals surface area contributed by atoms with Crippen molar-refractivity contribution in [1.29, 1.82) is 0 Å². The van der Waals surface area contributed by atoms with Crippen LogP contribution in [0, 0.1) is 0 Å². The number of hydrogen-bond acceptors (Lipinski definition) is 6. The number of carbonyl (C=O) groups is 3. The molecule has 0 fully saturated rings. The van der Waals surface area contributed by atoms with Gasteiger partial charge in [-0.25, -0.2) is 4.79 Å². The maximum atomic E-state index is 12.7. The Kier molecular flexibility index (Phi) is 7.92. The van der Waals surface area contributed by atoms with Crippen LogP contribution in [-0.4, -0.2) is 29.9 Å². The standard InChI is InChI=1S/C24H26O6/c1-15(2)28-23-14-19(24(27)29-16(3)4)11-10-18(23)12-13-21(26)20-8-6-7-9-22(20)30-17(5)25/h6-16H,1-5H3/b13-12+. The third kappa shape index (κ3) is 6.58. The molecule has 0 aromatic heterocycles. The van der Waals surface area contributed by atoms with Gasteiger partial charge in [-0.05, 0) is 64.1 Å². The molecule has 0 saturated heterocycles. The van der Waals surface area contributed by atoms with Gasteiger partial charge < -0.3 is 14.2 Å². The number of rotatable bonds is 8. The second-order valence-corrected chi connectivity index (χ2v) is 7.16. The molecule has 6 heteroatoms. The molecule has 0 unspecified atom stereocenters. The predicted octanol–water partition coefficient (Wildman–Crippen LogP) is 4.86. The van der Waals surface area contributed by atoms with Gasteiger partial charge in [0, 0.05) is 12.5 Å². The Morgan fingerprint density at radius 1 is 0.900 bits per heavy atom. The Bertz CT molecular complexity index is 956. The van der Waals surface area contributed by atoms with Crippen LogP contribution in [0.4, 0.5) is 0 Å². The summed E-state index contributed by atoms with van der Waals surface area (Å²) in [5.74, 6) is -0.618. The van der Waals surface area contributed by atoms with Crippen molar-refractivity contribution < 1.29 is 28.6 Å². The summed E-state index contributed by atoms with van der Waals surface area (Å²) in [5, 5.41) is 0. The summed E-state index contributed by atoms with van der Waals surface area (Å²) in [7, 11) is 0. The normalized spacial score (nSPS) is 11.0. The summed E-state index contributed by atoms with van der Waals surface area (Å²) in [6.07, 6.45) is 2.61. The van der Waals surface area contributed by atoms with Crippen LogP contribution in [0.1, 0.15) is 60.9 Å². The second kappa shape index (κ2) is 10.4. The fraction of sp³-hybridized carbons (Fsp3) is 0.292. The average Bonchev–Trinajstić information content (AvgIpc) is 2.65. The van der Waals surface area contributed by atoms with Crippen molar-refractivity contribution in [2.24, 2.45) is 0 Å². The number of ether oxygens (including phenoxy) is 3. The van der Waals surface area contributed by atoms with Crippen molar-refractivity contribution >= 4 is 23.8 Å². The van der Waals surface area contributed by atoms with E-state index in [4.69, 9.17) is 14.2 Å².